The molecule has 0 bridgehead atoms. The number of hydrogen-bond donors (Lipinski definition) is 2. The van der Waals surface area contributed by atoms with Crippen molar-refractivity contribution in [3.63, 3.8) is 0 Å². The van der Waals surface area contributed by atoms with Crippen molar-refractivity contribution in [2.24, 2.45) is 0 Å². The Bertz CT molecular complexity index is 1190. The molecule has 0 saturated heterocycles. The molecule has 0 saturated carbocycles. The third-order valence-corrected chi connectivity index (χ3v) is 5.64. The number of esters is 1. The number of ether oxygens (including phenoxy) is 1. The summed E-state index contributed by atoms with van der Waals surface area (Å²) in [7, 11) is -3.84. The highest BCUT2D eigenvalue weighted by molar-refractivity contribution is 7.92. The lowest BCUT2D eigenvalue weighted by Gasteiger charge is -2.14. The fourth-order valence-corrected chi connectivity index (χ4v) is 3.60. The van der Waals surface area contributed by atoms with Crippen molar-refractivity contribution >= 4 is 45.0 Å². The van der Waals surface area contributed by atoms with E-state index in [-0.39, 0.29) is 21.4 Å². The van der Waals surface area contributed by atoms with Crippen molar-refractivity contribution in [2.45, 2.75) is 17.9 Å². The molecule has 0 radical (unpaired) electrons. The summed E-state index contributed by atoms with van der Waals surface area (Å²) in [5.41, 5.74) is 0.364. The molecule has 11 heteroatoms. The van der Waals surface area contributed by atoms with Gasteiger partial charge in [-0.05, 0) is 55.5 Å². The van der Waals surface area contributed by atoms with E-state index < -0.39 is 28.0 Å². The fourth-order valence-electron chi connectivity index (χ4n) is 2.40. The molecule has 1 atom stereocenters. The van der Waals surface area contributed by atoms with Gasteiger partial charge in [-0.3, -0.25) is 9.52 Å². The first kappa shape index (κ1) is 22.2. The van der Waals surface area contributed by atoms with Crippen LogP contribution in [0.5, 0.6) is 0 Å². The first-order chi connectivity index (χ1) is 14.8. The highest BCUT2D eigenvalue weighted by Crippen LogP contribution is 2.18. The van der Waals surface area contributed by atoms with E-state index in [0.29, 0.717) is 5.69 Å². The average Bonchev–Trinajstić information content (AvgIpc) is 2.74. The first-order valence-corrected chi connectivity index (χ1v) is 10.8. The Morgan fingerprint density at radius 1 is 1.00 bits per heavy atom. The van der Waals surface area contributed by atoms with Gasteiger partial charge >= 0.3 is 5.97 Å². The summed E-state index contributed by atoms with van der Waals surface area (Å²) in [6, 6.07) is 13.3. The number of sulfonamides is 1. The molecule has 1 amide bonds. The van der Waals surface area contributed by atoms with Crippen molar-refractivity contribution in [2.75, 3.05) is 10.0 Å². The highest BCUT2D eigenvalue weighted by atomic mass is 35.5. The number of halogens is 1. The van der Waals surface area contributed by atoms with E-state index in [2.05, 4.69) is 20.0 Å². The lowest BCUT2D eigenvalue weighted by atomic mass is 10.2. The monoisotopic (exact) mass is 460 g/mol. The molecule has 0 aliphatic carbocycles. The molecule has 1 unspecified atom stereocenters. The number of nitrogens with one attached hydrogen (secondary N) is 2. The predicted octanol–water partition coefficient (Wildman–Crippen LogP) is 3.11. The topological polar surface area (TPSA) is 127 Å². The van der Waals surface area contributed by atoms with E-state index in [0.717, 1.165) is 0 Å². The Kier molecular flexibility index (Phi) is 6.83. The number of nitrogens with zero attached hydrogens (tertiary/aromatic N) is 2. The Balaban J connectivity index is 1.62. The molecule has 3 rings (SSSR count). The van der Waals surface area contributed by atoms with E-state index in [1.807, 2.05) is 0 Å². The van der Waals surface area contributed by atoms with Crippen LogP contribution in [-0.2, 0) is 19.6 Å². The second kappa shape index (κ2) is 9.54. The lowest BCUT2D eigenvalue weighted by Crippen LogP contribution is -2.30. The molecule has 3 aromatic rings. The predicted molar refractivity (Wildman–Crippen MR) is 114 cm³/mol. The maximum absolute atomic E-state index is 12.4. The van der Waals surface area contributed by atoms with Crippen LogP contribution in [0.15, 0.2) is 71.9 Å². The van der Waals surface area contributed by atoms with Crippen molar-refractivity contribution in [1.82, 2.24) is 9.97 Å². The summed E-state index contributed by atoms with van der Waals surface area (Å²) in [4.78, 5) is 32.1. The number of carbonyl (C=O) groups is 2. The van der Waals surface area contributed by atoms with Crippen molar-refractivity contribution in [3.8, 4) is 0 Å². The minimum Gasteiger partial charge on any atom is -0.449 e. The molecule has 31 heavy (non-hydrogen) atoms. The second-order valence-electron chi connectivity index (χ2n) is 6.22. The molecule has 2 heterocycles. The van der Waals surface area contributed by atoms with Gasteiger partial charge in [0, 0.05) is 18.1 Å². The smallest absolute Gasteiger partial charge is 0.342 e. The number of pyridine rings is 2. The first-order valence-electron chi connectivity index (χ1n) is 8.92. The Morgan fingerprint density at radius 2 is 1.71 bits per heavy atom. The highest BCUT2D eigenvalue weighted by Gasteiger charge is 2.21. The molecule has 2 aromatic heterocycles. The van der Waals surface area contributed by atoms with E-state index >= 15 is 0 Å². The van der Waals surface area contributed by atoms with Gasteiger partial charge in [0.1, 0.15) is 11.0 Å². The van der Waals surface area contributed by atoms with Crippen molar-refractivity contribution in [1.29, 1.82) is 0 Å². The van der Waals surface area contributed by atoms with Crippen LogP contribution in [0, 0.1) is 0 Å². The van der Waals surface area contributed by atoms with E-state index in [1.165, 1.54) is 61.8 Å². The fraction of sp³-hybridized carbons (Fsp3) is 0.100. The third-order valence-electron chi connectivity index (χ3n) is 3.97. The quantitative estimate of drug-likeness (QED) is 0.409. The van der Waals surface area contributed by atoms with Gasteiger partial charge in [0.2, 0.25) is 0 Å². The van der Waals surface area contributed by atoms with Crippen LogP contribution < -0.4 is 10.0 Å². The maximum atomic E-state index is 12.4. The summed E-state index contributed by atoms with van der Waals surface area (Å²) in [5, 5.41) is 2.52. The molecular weight excluding hydrogens is 444 g/mol. The zero-order chi connectivity index (χ0) is 22.4. The van der Waals surface area contributed by atoms with Gasteiger partial charge in [-0.15, -0.1) is 0 Å². The van der Waals surface area contributed by atoms with Crippen LogP contribution in [0.3, 0.4) is 0 Å². The molecule has 160 valence electrons. The molecule has 1 aromatic carbocycles. The summed E-state index contributed by atoms with van der Waals surface area (Å²) in [6.07, 6.45) is 1.76. The van der Waals surface area contributed by atoms with Crippen molar-refractivity contribution in [3.05, 3.63) is 77.7 Å². The average molecular weight is 461 g/mol. The number of benzene rings is 1. The minimum atomic E-state index is -3.84. The zero-order valence-electron chi connectivity index (χ0n) is 16.2. The van der Waals surface area contributed by atoms with Gasteiger partial charge in [0.25, 0.3) is 15.9 Å². The van der Waals surface area contributed by atoms with Gasteiger partial charge in [0.15, 0.2) is 6.10 Å². The van der Waals surface area contributed by atoms with Gasteiger partial charge in [-0.2, -0.15) is 0 Å². The van der Waals surface area contributed by atoms with Crippen LogP contribution in [-0.4, -0.2) is 36.4 Å². The van der Waals surface area contributed by atoms with E-state index in [9.17, 15) is 18.0 Å². The van der Waals surface area contributed by atoms with Crippen LogP contribution in [0.4, 0.5) is 11.5 Å². The van der Waals surface area contributed by atoms with Crippen LogP contribution in [0.25, 0.3) is 0 Å². The standard InChI is InChI=1S/C20H17ClN4O5S/c1-13(30-20(27)16-5-4-12-23-18(16)21)19(26)24-14-7-9-15(10-8-14)31(28,29)25-17-6-2-3-11-22-17/h2-13H,1H3,(H,22,25)(H,24,26). The Morgan fingerprint density at radius 3 is 2.35 bits per heavy atom. The van der Waals surface area contributed by atoms with Gasteiger partial charge in [-0.25, -0.2) is 23.2 Å². The third kappa shape index (κ3) is 5.77. The molecule has 2 N–H and O–H groups in total. The summed E-state index contributed by atoms with van der Waals surface area (Å²) in [6.45, 7) is 1.40. The minimum absolute atomic E-state index is 0.0122. The SMILES string of the molecule is CC(OC(=O)c1cccnc1Cl)C(=O)Nc1ccc(S(=O)(=O)Nc2ccccn2)cc1. The lowest BCUT2D eigenvalue weighted by molar-refractivity contribution is -0.123. The number of aromatic nitrogens is 2. The zero-order valence-corrected chi connectivity index (χ0v) is 17.7. The molecule has 0 aliphatic rings. The number of hydrogen-bond acceptors (Lipinski definition) is 7. The van der Waals surface area contributed by atoms with Crippen LogP contribution >= 0.6 is 11.6 Å². The van der Waals surface area contributed by atoms with Gasteiger partial charge in [-0.1, -0.05) is 17.7 Å². The van der Waals surface area contributed by atoms with Crippen LogP contribution in [0.2, 0.25) is 5.15 Å². The maximum Gasteiger partial charge on any atom is 0.342 e. The molecule has 9 nitrogen and oxygen atoms in total. The number of anilines is 2. The van der Waals surface area contributed by atoms with Gasteiger partial charge < -0.3 is 10.1 Å². The molecule has 0 aliphatic heterocycles. The van der Waals surface area contributed by atoms with E-state index in [1.54, 1.807) is 12.1 Å². The van der Waals surface area contributed by atoms with Gasteiger partial charge in [0.05, 0.1) is 10.5 Å². The molecule has 0 spiro atoms. The molecular formula is C20H17ClN4O5S. The van der Waals surface area contributed by atoms with Crippen molar-refractivity contribution < 1.29 is 22.7 Å². The van der Waals surface area contributed by atoms with E-state index in [4.69, 9.17) is 16.3 Å². The summed E-state index contributed by atoms with van der Waals surface area (Å²) in [5.74, 6) is -1.21. The number of carbonyl (C=O) groups excluding carboxylic acids is 2. The largest absolute Gasteiger partial charge is 0.449 e. The summed E-state index contributed by atoms with van der Waals surface area (Å²) >= 11 is 5.84. The Labute approximate surface area is 183 Å². The summed E-state index contributed by atoms with van der Waals surface area (Å²) < 4.78 is 32.3. The second-order valence-corrected chi connectivity index (χ2v) is 8.26. The molecule has 0 fully saturated rings. The van der Waals surface area contributed by atoms with Crippen LogP contribution in [0.1, 0.15) is 17.3 Å². The number of amides is 1. The number of rotatable bonds is 7. The Hall–Kier alpha value is -3.50. The normalized spacial score (nSPS) is 11.9.